The summed E-state index contributed by atoms with van der Waals surface area (Å²) >= 11 is 7.77. The molecule has 1 aliphatic heterocycles. The summed E-state index contributed by atoms with van der Waals surface area (Å²) in [6, 6.07) is 17.4. The Balaban J connectivity index is 1.29. The van der Waals surface area contributed by atoms with Crippen LogP contribution in [-0.4, -0.2) is 46.9 Å². The predicted octanol–water partition coefficient (Wildman–Crippen LogP) is 4.22. The summed E-state index contributed by atoms with van der Waals surface area (Å²) in [6.07, 6.45) is 0.316. The first kappa shape index (κ1) is 20.5. The molecule has 2 aromatic carbocycles. The number of amides is 1. The Morgan fingerprint density at radius 2 is 1.83 bits per heavy atom. The number of carbonyl (C=O) groups excluding carboxylic acids is 1. The number of carbonyl (C=O) groups is 1. The molecule has 1 amide bonds. The lowest BCUT2D eigenvalue weighted by Gasteiger charge is -2.34. The Hall–Kier alpha value is -2.72. The highest BCUT2D eigenvalue weighted by atomic mass is 35.5. The van der Waals surface area contributed by atoms with Gasteiger partial charge in [-0.1, -0.05) is 41.9 Å². The fourth-order valence-electron chi connectivity index (χ4n) is 3.51. The summed E-state index contributed by atoms with van der Waals surface area (Å²) in [7, 11) is 0. The van der Waals surface area contributed by atoms with Crippen molar-refractivity contribution in [1.29, 1.82) is 5.26 Å². The van der Waals surface area contributed by atoms with Crippen LogP contribution in [0.3, 0.4) is 0 Å². The number of benzene rings is 2. The Morgan fingerprint density at radius 1 is 1.10 bits per heavy atom. The van der Waals surface area contributed by atoms with E-state index in [1.54, 1.807) is 0 Å². The summed E-state index contributed by atoms with van der Waals surface area (Å²) in [5, 5.41) is 12.4. The van der Waals surface area contributed by atoms with Crippen LogP contribution in [0.4, 0.5) is 0 Å². The number of hydrogen-bond donors (Lipinski definition) is 0. The quantitative estimate of drug-likeness (QED) is 0.600. The molecule has 0 bridgehead atoms. The van der Waals surface area contributed by atoms with Crippen LogP contribution in [0.5, 0.6) is 0 Å². The molecule has 152 valence electrons. The molecule has 0 radical (unpaired) electrons. The molecule has 0 saturated carbocycles. The van der Waals surface area contributed by atoms with E-state index in [1.807, 2.05) is 58.8 Å². The van der Waals surface area contributed by atoms with Crippen LogP contribution in [0, 0.1) is 11.3 Å². The van der Waals surface area contributed by atoms with Gasteiger partial charge in [0.05, 0.1) is 28.8 Å². The maximum Gasteiger partial charge on any atom is 0.228 e. The Bertz CT molecular complexity index is 1070. The number of halogens is 1. The average Bonchev–Trinajstić information content (AvgIpc) is 3.23. The lowest BCUT2D eigenvalue weighted by molar-refractivity contribution is -0.132. The van der Waals surface area contributed by atoms with Gasteiger partial charge in [0, 0.05) is 43.7 Å². The van der Waals surface area contributed by atoms with Gasteiger partial charge in [-0.25, -0.2) is 4.98 Å². The number of thiazole rings is 1. The molecule has 7 heteroatoms. The second kappa shape index (κ2) is 9.40. The summed E-state index contributed by atoms with van der Waals surface area (Å²) in [6.45, 7) is 3.95. The minimum atomic E-state index is 0.115. The van der Waals surface area contributed by atoms with Crippen LogP contribution in [0.25, 0.3) is 10.6 Å². The number of piperazine rings is 1. The summed E-state index contributed by atoms with van der Waals surface area (Å²) in [5.74, 6) is 0.115. The summed E-state index contributed by atoms with van der Waals surface area (Å²) < 4.78 is 0. The molecule has 30 heavy (non-hydrogen) atoms. The van der Waals surface area contributed by atoms with Gasteiger partial charge < -0.3 is 4.90 Å². The smallest absolute Gasteiger partial charge is 0.228 e. The molecular formula is C23H21ClN4OS. The molecule has 1 saturated heterocycles. The van der Waals surface area contributed by atoms with Crippen molar-refractivity contribution in [3.8, 4) is 16.6 Å². The van der Waals surface area contributed by atoms with Crippen LogP contribution in [0.2, 0.25) is 5.02 Å². The first-order chi connectivity index (χ1) is 14.6. The van der Waals surface area contributed by atoms with Crippen LogP contribution < -0.4 is 0 Å². The van der Waals surface area contributed by atoms with Crippen molar-refractivity contribution >= 4 is 28.8 Å². The van der Waals surface area contributed by atoms with Gasteiger partial charge in [0.15, 0.2) is 0 Å². The van der Waals surface area contributed by atoms with Gasteiger partial charge in [0.25, 0.3) is 0 Å². The Labute approximate surface area is 185 Å². The van der Waals surface area contributed by atoms with Gasteiger partial charge >= 0.3 is 0 Å². The molecule has 0 aliphatic carbocycles. The second-order valence-electron chi connectivity index (χ2n) is 7.27. The van der Waals surface area contributed by atoms with E-state index in [4.69, 9.17) is 16.9 Å². The second-order valence-corrected chi connectivity index (χ2v) is 8.53. The van der Waals surface area contributed by atoms with E-state index < -0.39 is 0 Å². The average molecular weight is 437 g/mol. The number of nitriles is 1. The predicted molar refractivity (Wildman–Crippen MR) is 119 cm³/mol. The third kappa shape index (κ3) is 4.88. The molecule has 1 aliphatic rings. The van der Waals surface area contributed by atoms with Gasteiger partial charge in [-0.2, -0.15) is 5.26 Å². The molecule has 3 aromatic rings. The zero-order valence-electron chi connectivity index (χ0n) is 16.4. The normalized spacial score (nSPS) is 14.5. The van der Waals surface area contributed by atoms with Crippen LogP contribution in [0.1, 0.15) is 16.8 Å². The standard InChI is InChI=1S/C23H21ClN4OS/c24-21-4-2-1-3-20(21)23-26-19(16-30-23)13-22(29)28-11-9-27(10-12-28)15-18-7-5-17(14-25)6-8-18/h1-8,16H,9-13,15H2. The molecule has 1 fully saturated rings. The zero-order valence-corrected chi connectivity index (χ0v) is 18.0. The van der Waals surface area contributed by atoms with Crippen molar-refractivity contribution in [2.24, 2.45) is 0 Å². The van der Waals surface area contributed by atoms with Gasteiger partial charge in [-0.05, 0) is 23.8 Å². The Kier molecular flexibility index (Phi) is 6.44. The van der Waals surface area contributed by atoms with Crippen molar-refractivity contribution in [3.63, 3.8) is 0 Å². The highest BCUT2D eigenvalue weighted by Crippen LogP contribution is 2.30. The van der Waals surface area contributed by atoms with E-state index in [2.05, 4.69) is 16.0 Å². The first-order valence-electron chi connectivity index (χ1n) is 9.81. The minimum absolute atomic E-state index is 0.115. The molecule has 2 heterocycles. The Morgan fingerprint density at radius 3 is 2.53 bits per heavy atom. The SMILES string of the molecule is N#Cc1ccc(CN2CCN(C(=O)Cc3csc(-c4ccccc4Cl)n3)CC2)cc1. The first-order valence-corrected chi connectivity index (χ1v) is 11.1. The molecule has 0 atom stereocenters. The molecule has 0 N–H and O–H groups in total. The zero-order chi connectivity index (χ0) is 20.9. The van der Waals surface area contributed by atoms with Crippen molar-refractivity contribution in [2.45, 2.75) is 13.0 Å². The largest absolute Gasteiger partial charge is 0.340 e. The topological polar surface area (TPSA) is 60.2 Å². The third-order valence-electron chi connectivity index (χ3n) is 5.20. The van der Waals surface area contributed by atoms with E-state index in [0.717, 1.165) is 49.0 Å². The van der Waals surface area contributed by atoms with Crippen LogP contribution in [-0.2, 0) is 17.8 Å². The highest BCUT2D eigenvalue weighted by molar-refractivity contribution is 7.13. The van der Waals surface area contributed by atoms with E-state index in [1.165, 1.54) is 16.9 Å². The van der Waals surface area contributed by atoms with E-state index in [9.17, 15) is 4.79 Å². The molecule has 0 unspecified atom stereocenters. The molecule has 0 spiro atoms. The molecular weight excluding hydrogens is 416 g/mol. The van der Waals surface area contributed by atoms with Gasteiger partial charge in [0.2, 0.25) is 5.91 Å². The molecule has 5 nitrogen and oxygen atoms in total. The maximum absolute atomic E-state index is 12.7. The third-order valence-corrected chi connectivity index (χ3v) is 6.46. The van der Waals surface area contributed by atoms with Gasteiger partial charge in [0.1, 0.15) is 5.01 Å². The van der Waals surface area contributed by atoms with Crippen molar-refractivity contribution in [3.05, 3.63) is 75.8 Å². The minimum Gasteiger partial charge on any atom is -0.340 e. The highest BCUT2D eigenvalue weighted by Gasteiger charge is 2.22. The van der Waals surface area contributed by atoms with E-state index in [0.29, 0.717) is 17.0 Å². The van der Waals surface area contributed by atoms with E-state index >= 15 is 0 Å². The van der Waals surface area contributed by atoms with Crippen molar-refractivity contribution in [1.82, 2.24) is 14.8 Å². The lowest BCUT2D eigenvalue weighted by atomic mass is 10.1. The maximum atomic E-state index is 12.7. The number of aromatic nitrogens is 1. The monoisotopic (exact) mass is 436 g/mol. The fraction of sp³-hybridized carbons (Fsp3) is 0.261. The number of hydrogen-bond acceptors (Lipinski definition) is 5. The molecule has 1 aromatic heterocycles. The van der Waals surface area contributed by atoms with Crippen LogP contribution >= 0.6 is 22.9 Å². The van der Waals surface area contributed by atoms with Gasteiger partial charge in [-0.3, -0.25) is 9.69 Å². The summed E-state index contributed by atoms with van der Waals surface area (Å²) in [5.41, 5.74) is 3.55. The van der Waals surface area contributed by atoms with Gasteiger partial charge in [-0.15, -0.1) is 11.3 Å². The summed E-state index contributed by atoms with van der Waals surface area (Å²) in [4.78, 5) is 21.6. The van der Waals surface area contributed by atoms with Crippen molar-refractivity contribution in [2.75, 3.05) is 26.2 Å². The number of rotatable bonds is 5. The van der Waals surface area contributed by atoms with Crippen LogP contribution in [0.15, 0.2) is 53.9 Å². The lowest BCUT2D eigenvalue weighted by Crippen LogP contribution is -2.48. The van der Waals surface area contributed by atoms with E-state index in [-0.39, 0.29) is 5.91 Å². The van der Waals surface area contributed by atoms with Crippen molar-refractivity contribution < 1.29 is 4.79 Å². The fourth-order valence-corrected chi connectivity index (χ4v) is 4.65. The molecule has 4 rings (SSSR count). The number of nitrogens with zero attached hydrogens (tertiary/aromatic N) is 4.